The second kappa shape index (κ2) is 2.76. The summed E-state index contributed by atoms with van der Waals surface area (Å²) in [5.41, 5.74) is 0.142. The maximum Gasteiger partial charge on any atom is 0.416 e. The molecule has 3 heteroatoms. The van der Waals surface area contributed by atoms with Crippen LogP contribution in [0.4, 0.5) is 13.2 Å². The van der Waals surface area contributed by atoms with Crippen molar-refractivity contribution in [3.8, 4) is 0 Å². The molecule has 0 aliphatic heterocycles. The molecule has 1 aromatic rings. The van der Waals surface area contributed by atoms with Crippen LogP contribution in [0.3, 0.4) is 0 Å². The Labute approximate surface area is 74.4 Å². The summed E-state index contributed by atoms with van der Waals surface area (Å²) in [4.78, 5) is 0. The number of benzene rings is 1. The average molecular weight is 185 g/mol. The fraction of sp³-hybridized carbons (Fsp3) is 0.400. The molecule has 2 rings (SSSR count). The van der Waals surface area contributed by atoms with Gasteiger partial charge in [0.1, 0.15) is 0 Å². The van der Waals surface area contributed by atoms with Crippen LogP contribution in [0.25, 0.3) is 0 Å². The first-order valence-electron chi connectivity index (χ1n) is 4.16. The van der Waals surface area contributed by atoms with Gasteiger partial charge in [-0.15, -0.1) is 0 Å². The van der Waals surface area contributed by atoms with E-state index in [2.05, 4.69) is 6.07 Å². The molecule has 0 nitrogen and oxygen atoms in total. The second-order valence-electron chi connectivity index (χ2n) is 3.30. The van der Waals surface area contributed by atoms with E-state index in [0.717, 1.165) is 18.9 Å². The van der Waals surface area contributed by atoms with Crippen molar-refractivity contribution in [2.45, 2.75) is 24.9 Å². The Morgan fingerprint density at radius 2 is 2.00 bits per heavy atom. The molecule has 0 spiro atoms. The highest BCUT2D eigenvalue weighted by Gasteiger charge is 2.32. The molecular weight excluding hydrogens is 177 g/mol. The number of rotatable bonds is 1. The van der Waals surface area contributed by atoms with E-state index in [9.17, 15) is 13.2 Å². The van der Waals surface area contributed by atoms with Crippen molar-refractivity contribution < 1.29 is 13.2 Å². The Balaban J connectivity index is 2.32. The molecule has 0 atom stereocenters. The molecule has 1 aromatic carbocycles. The van der Waals surface area contributed by atoms with Crippen molar-refractivity contribution in [3.05, 3.63) is 35.4 Å². The van der Waals surface area contributed by atoms with Crippen molar-refractivity contribution in [2.24, 2.45) is 0 Å². The zero-order chi connectivity index (χ0) is 9.47. The number of halogens is 3. The van der Waals surface area contributed by atoms with E-state index >= 15 is 0 Å². The minimum absolute atomic E-state index is 0.322. The Hall–Kier alpha value is -0.990. The van der Waals surface area contributed by atoms with Gasteiger partial charge in [-0.25, -0.2) is 0 Å². The summed E-state index contributed by atoms with van der Waals surface area (Å²) in [6.07, 6.45) is -2.23. The highest BCUT2D eigenvalue weighted by atomic mass is 19.4. The van der Waals surface area contributed by atoms with Crippen LogP contribution in [0, 0.1) is 6.07 Å². The van der Waals surface area contributed by atoms with Gasteiger partial charge in [0.15, 0.2) is 0 Å². The highest BCUT2D eigenvalue weighted by Crippen LogP contribution is 2.41. The lowest BCUT2D eigenvalue weighted by molar-refractivity contribution is -0.137. The Morgan fingerprint density at radius 1 is 1.31 bits per heavy atom. The molecule has 0 amide bonds. The van der Waals surface area contributed by atoms with E-state index in [1.807, 2.05) is 0 Å². The monoisotopic (exact) mass is 185 g/mol. The summed E-state index contributed by atoms with van der Waals surface area (Å²) in [5.74, 6) is 0.322. The standard InChI is InChI=1S/C10H8F3/c11-10(12,13)9-3-1-2-8(6-9)7-4-5-7/h1,3,6-7H,4-5H2. The van der Waals surface area contributed by atoms with E-state index in [-0.39, 0.29) is 0 Å². The minimum atomic E-state index is -4.22. The predicted octanol–water partition coefficient (Wildman–Crippen LogP) is 3.38. The lowest BCUT2D eigenvalue weighted by atomic mass is 10.1. The van der Waals surface area contributed by atoms with E-state index in [1.54, 1.807) is 0 Å². The number of hydrogen-bond donors (Lipinski definition) is 0. The Kier molecular flexibility index (Phi) is 1.82. The van der Waals surface area contributed by atoms with Crippen LogP contribution in [0.15, 0.2) is 18.2 Å². The lowest BCUT2D eigenvalue weighted by Gasteiger charge is -2.07. The Bertz CT molecular complexity index is 310. The fourth-order valence-electron chi connectivity index (χ4n) is 1.29. The van der Waals surface area contributed by atoms with Gasteiger partial charge in [0, 0.05) is 0 Å². The summed E-state index contributed by atoms with van der Waals surface area (Å²) in [7, 11) is 0. The molecule has 1 aliphatic rings. The van der Waals surface area contributed by atoms with Crippen molar-refractivity contribution >= 4 is 0 Å². The molecule has 0 N–H and O–H groups in total. The Morgan fingerprint density at radius 3 is 2.54 bits per heavy atom. The zero-order valence-corrected chi connectivity index (χ0v) is 6.86. The third-order valence-corrected chi connectivity index (χ3v) is 2.17. The molecule has 0 bridgehead atoms. The molecule has 1 radical (unpaired) electrons. The van der Waals surface area contributed by atoms with Crippen LogP contribution in [0.2, 0.25) is 0 Å². The molecule has 0 unspecified atom stereocenters. The van der Waals surface area contributed by atoms with E-state index in [0.29, 0.717) is 11.5 Å². The third kappa shape index (κ3) is 1.85. The summed E-state index contributed by atoms with van der Waals surface area (Å²) in [6, 6.07) is 6.47. The van der Waals surface area contributed by atoms with Gasteiger partial charge in [0.25, 0.3) is 0 Å². The molecule has 0 heterocycles. The van der Waals surface area contributed by atoms with Crippen LogP contribution in [0.1, 0.15) is 29.9 Å². The number of alkyl halides is 3. The van der Waals surface area contributed by atoms with Gasteiger partial charge >= 0.3 is 6.18 Å². The van der Waals surface area contributed by atoms with Gasteiger partial charge in [-0.3, -0.25) is 0 Å². The van der Waals surface area contributed by atoms with Gasteiger partial charge in [-0.05, 0) is 42.5 Å². The minimum Gasteiger partial charge on any atom is -0.166 e. The largest absolute Gasteiger partial charge is 0.416 e. The van der Waals surface area contributed by atoms with Crippen molar-refractivity contribution in [1.82, 2.24) is 0 Å². The molecule has 1 fully saturated rings. The molecule has 1 aliphatic carbocycles. The second-order valence-corrected chi connectivity index (χ2v) is 3.30. The number of hydrogen-bond acceptors (Lipinski definition) is 0. The molecular formula is C10H8F3. The van der Waals surface area contributed by atoms with Crippen molar-refractivity contribution in [2.75, 3.05) is 0 Å². The van der Waals surface area contributed by atoms with Gasteiger partial charge in [-0.2, -0.15) is 13.2 Å². The summed E-state index contributed by atoms with van der Waals surface area (Å²) < 4.78 is 36.7. The fourth-order valence-corrected chi connectivity index (χ4v) is 1.29. The first-order chi connectivity index (χ1) is 6.07. The van der Waals surface area contributed by atoms with Crippen molar-refractivity contribution in [3.63, 3.8) is 0 Å². The molecule has 1 saturated carbocycles. The maximum absolute atomic E-state index is 12.2. The molecule has 0 saturated heterocycles. The van der Waals surface area contributed by atoms with E-state index in [4.69, 9.17) is 0 Å². The van der Waals surface area contributed by atoms with E-state index in [1.165, 1.54) is 12.1 Å². The van der Waals surface area contributed by atoms with Crippen LogP contribution in [0.5, 0.6) is 0 Å². The smallest absolute Gasteiger partial charge is 0.166 e. The quantitative estimate of drug-likeness (QED) is 0.629. The van der Waals surface area contributed by atoms with Crippen LogP contribution < -0.4 is 0 Å². The SMILES string of the molecule is FC(F)(F)c1cc[c]c(C2CC2)c1. The van der Waals surface area contributed by atoms with Gasteiger partial charge in [0.2, 0.25) is 0 Å². The predicted molar refractivity (Wildman–Crippen MR) is 42.3 cm³/mol. The summed E-state index contributed by atoms with van der Waals surface area (Å²) >= 11 is 0. The van der Waals surface area contributed by atoms with E-state index < -0.39 is 11.7 Å². The third-order valence-electron chi connectivity index (χ3n) is 2.17. The van der Waals surface area contributed by atoms with Crippen LogP contribution >= 0.6 is 0 Å². The first kappa shape index (κ1) is 8.60. The molecule has 69 valence electrons. The average Bonchev–Trinajstić information content (AvgIpc) is 2.85. The molecule has 13 heavy (non-hydrogen) atoms. The summed E-state index contributed by atoms with van der Waals surface area (Å²) in [6.45, 7) is 0. The zero-order valence-electron chi connectivity index (χ0n) is 6.86. The topological polar surface area (TPSA) is 0 Å². The summed E-state index contributed by atoms with van der Waals surface area (Å²) in [5, 5.41) is 0. The van der Waals surface area contributed by atoms with Crippen LogP contribution in [-0.2, 0) is 6.18 Å². The van der Waals surface area contributed by atoms with Crippen LogP contribution in [-0.4, -0.2) is 0 Å². The van der Waals surface area contributed by atoms with Crippen molar-refractivity contribution in [1.29, 1.82) is 0 Å². The first-order valence-corrected chi connectivity index (χ1v) is 4.16. The van der Waals surface area contributed by atoms with Gasteiger partial charge in [0.05, 0.1) is 5.56 Å². The van der Waals surface area contributed by atoms with Gasteiger partial charge in [-0.1, -0.05) is 6.07 Å². The maximum atomic E-state index is 12.2. The normalized spacial score (nSPS) is 17.5. The molecule has 0 aromatic heterocycles. The highest BCUT2D eigenvalue weighted by molar-refractivity contribution is 5.29. The lowest BCUT2D eigenvalue weighted by Crippen LogP contribution is -2.04. The van der Waals surface area contributed by atoms with Gasteiger partial charge < -0.3 is 0 Å².